The fourth-order valence-electron chi connectivity index (χ4n) is 1.75. The van der Waals surface area contributed by atoms with Gasteiger partial charge in [0.25, 0.3) is 0 Å². The number of benzene rings is 1. The smallest absolute Gasteiger partial charge is 0.416 e. The molecule has 6 heteroatoms. The molecule has 1 atom stereocenters. The van der Waals surface area contributed by atoms with Gasteiger partial charge in [-0.1, -0.05) is 0 Å². The van der Waals surface area contributed by atoms with Crippen LogP contribution >= 0.6 is 0 Å². The van der Waals surface area contributed by atoms with E-state index in [4.69, 9.17) is 4.74 Å². The Morgan fingerprint density at radius 2 is 2.11 bits per heavy atom. The van der Waals surface area contributed by atoms with Crippen LogP contribution < -0.4 is 0 Å². The molecule has 2 nitrogen and oxygen atoms in total. The van der Waals surface area contributed by atoms with Crippen molar-refractivity contribution in [2.75, 3.05) is 6.61 Å². The van der Waals surface area contributed by atoms with Crippen molar-refractivity contribution in [1.29, 1.82) is 0 Å². The third-order valence-electron chi connectivity index (χ3n) is 2.75. The van der Waals surface area contributed by atoms with Gasteiger partial charge < -0.3 is 4.74 Å². The Kier molecular flexibility index (Phi) is 3.54. The zero-order valence-corrected chi connectivity index (χ0v) is 9.38. The fraction of sp³-hybridized carbons (Fsp3) is 0.417. The van der Waals surface area contributed by atoms with Gasteiger partial charge in [-0.05, 0) is 36.6 Å². The molecular weight excluding hydrogens is 250 g/mol. The van der Waals surface area contributed by atoms with E-state index in [2.05, 4.69) is 4.99 Å². The summed E-state index contributed by atoms with van der Waals surface area (Å²) in [4.78, 5) is 3.96. The summed E-state index contributed by atoms with van der Waals surface area (Å²) in [5.41, 5.74) is -0.767. The normalized spacial score (nSPS) is 19.0. The lowest BCUT2D eigenvalue weighted by Gasteiger charge is -2.10. The van der Waals surface area contributed by atoms with Crippen LogP contribution in [-0.4, -0.2) is 19.0 Å². The Hall–Kier alpha value is -1.59. The zero-order valence-electron chi connectivity index (χ0n) is 9.38. The molecule has 0 radical (unpaired) electrons. The maximum atomic E-state index is 13.4. The van der Waals surface area contributed by atoms with E-state index in [1.54, 1.807) is 0 Å². The summed E-state index contributed by atoms with van der Waals surface area (Å²) in [7, 11) is 0. The van der Waals surface area contributed by atoms with Crippen LogP contribution in [0.15, 0.2) is 23.2 Å². The zero-order chi connectivity index (χ0) is 13.2. The summed E-state index contributed by atoms with van der Waals surface area (Å²) in [5, 5.41) is 0. The van der Waals surface area contributed by atoms with E-state index in [1.807, 2.05) is 0 Å². The van der Waals surface area contributed by atoms with Crippen molar-refractivity contribution in [3.8, 4) is 0 Å². The second-order valence-electron chi connectivity index (χ2n) is 4.08. The summed E-state index contributed by atoms with van der Waals surface area (Å²) in [6.07, 6.45) is -2.46. The average molecular weight is 261 g/mol. The first-order valence-electron chi connectivity index (χ1n) is 5.45. The van der Waals surface area contributed by atoms with E-state index < -0.39 is 17.6 Å². The van der Waals surface area contributed by atoms with Crippen LogP contribution in [0.5, 0.6) is 0 Å². The molecule has 98 valence electrons. The van der Waals surface area contributed by atoms with Gasteiger partial charge in [0.1, 0.15) is 12.4 Å². The molecular formula is C12H11F4NO. The number of rotatable bonds is 3. The first kappa shape index (κ1) is 12.9. The van der Waals surface area contributed by atoms with Gasteiger partial charge in [-0.2, -0.15) is 13.2 Å². The highest BCUT2D eigenvalue weighted by molar-refractivity contribution is 5.48. The van der Waals surface area contributed by atoms with E-state index in [-0.39, 0.29) is 18.0 Å². The van der Waals surface area contributed by atoms with Crippen LogP contribution in [0.2, 0.25) is 0 Å². The minimum atomic E-state index is -4.45. The SMILES string of the molecule is Fc1ccc(C(F)(F)F)cc1CCC1COC=N1. The molecule has 1 aliphatic rings. The standard InChI is InChI=1S/C12H11F4NO/c13-11-4-2-9(12(14,15)16)5-8(11)1-3-10-6-18-7-17-10/h2,4-5,7,10H,1,3,6H2. The number of aryl methyl sites for hydroxylation is 1. The van der Waals surface area contributed by atoms with Gasteiger partial charge in [-0.25, -0.2) is 4.39 Å². The van der Waals surface area contributed by atoms with Gasteiger partial charge in [-0.15, -0.1) is 0 Å². The highest BCUT2D eigenvalue weighted by atomic mass is 19.4. The minimum absolute atomic E-state index is 0.0620. The van der Waals surface area contributed by atoms with Crippen molar-refractivity contribution in [2.24, 2.45) is 4.99 Å². The van der Waals surface area contributed by atoms with Crippen molar-refractivity contribution in [2.45, 2.75) is 25.1 Å². The first-order chi connectivity index (χ1) is 8.47. The van der Waals surface area contributed by atoms with Crippen LogP contribution in [0, 0.1) is 5.82 Å². The van der Waals surface area contributed by atoms with Crippen LogP contribution in [0.4, 0.5) is 17.6 Å². The largest absolute Gasteiger partial charge is 0.481 e. The molecule has 0 bridgehead atoms. The molecule has 0 fully saturated rings. The molecule has 0 amide bonds. The first-order valence-corrected chi connectivity index (χ1v) is 5.45. The highest BCUT2D eigenvalue weighted by Gasteiger charge is 2.31. The molecule has 0 N–H and O–H groups in total. The molecule has 0 saturated heterocycles. The second kappa shape index (κ2) is 4.96. The third kappa shape index (κ3) is 3.00. The van der Waals surface area contributed by atoms with E-state index in [1.165, 1.54) is 6.40 Å². The molecule has 1 aromatic carbocycles. The van der Waals surface area contributed by atoms with Crippen molar-refractivity contribution >= 4 is 6.40 Å². The van der Waals surface area contributed by atoms with E-state index >= 15 is 0 Å². The third-order valence-corrected chi connectivity index (χ3v) is 2.75. The van der Waals surface area contributed by atoms with Crippen molar-refractivity contribution in [1.82, 2.24) is 0 Å². The molecule has 1 aromatic rings. The maximum Gasteiger partial charge on any atom is 0.416 e. The Labute approximate surface area is 101 Å². The van der Waals surface area contributed by atoms with Crippen LogP contribution in [0.1, 0.15) is 17.5 Å². The summed E-state index contributed by atoms with van der Waals surface area (Å²) in [6, 6.07) is 2.36. The Morgan fingerprint density at radius 1 is 1.33 bits per heavy atom. The van der Waals surface area contributed by atoms with Gasteiger partial charge in [0, 0.05) is 0 Å². The van der Waals surface area contributed by atoms with Gasteiger partial charge >= 0.3 is 6.18 Å². The number of halogens is 4. The molecule has 0 saturated carbocycles. The topological polar surface area (TPSA) is 21.6 Å². The quantitative estimate of drug-likeness (QED) is 0.766. The van der Waals surface area contributed by atoms with Gasteiger partial charge in [0.15, 0.2) is 6.40 Å². The second-order valence-corrected chi connectivity index (χ2v) is 4.08. The Morgan fingerprint density at radius 3 is 2.72 bits per heavy atom. The molecule has 0 spiro atoms. The van der Waals surface area contributed by atoms with E-state index in [0.717, 1.165) is 18.2 Å². The molecule has 0 aliphatic carbocycles. The molecule has 2 rings (SSSR count). The van der Waals surface area contributed by atoms with Crippen molar-refractivity contribution < 1.29 is 22.3 Å². The van der Waals surface area contributed by atoms with Crippen LogP contribution in [0.25, 0.3) is 0 Å². The lowest BCUT2D eigenvalue weighted by Crippen LogP contribution is -2.10. The number of aliphatic imine (C=N–C) groups is 1. The Balaban J connectivity index is 2.08. The highest BCUT2D eigenvalue weighted by Crippen LogP contribution is 2.30. The molecule has 1 aliphatic heterocycles. The van der Waals surface area contributed by atoms with Gasteiger partial charge in [0.05, 0.1) is 11.6 Å². The minimum Gasteiger partial charge on any atom is -0.481 e. The predicted molar refractivity (Wildman–Crippen MR) is 58.0 cm³/mol. The lowest BCUT2D eigenvalue weighted by molar-refractivity contribution is -0.137. The summed E-state index contributed by atoms with van der Waals surface area (Å²) >= 11 is 0. The lowest BCUT2D eigenvalue weighted by atomic mass is 10.0. The summed E-state index contributed by atoms with van der Waals surface area (Å²) in [5.74, 6) is -0.620. The summed E-state index contributed by atoms with van der Waals surface area (Å²) in [6.45, 7) is 0.403. The van der Waals surface area contributed by atoms with Gasteiger partial charge in [-0.3, -0.25) is 4.99 Å². The number of hydrogen-bond donors (Lipinski definition) is 0. The monoisotopic (exact) mass is 261 g/mol. The van der Waals surface area contributed by atoms with Crippen molar-refractivity contribution in [3.05, 3.63) is 35.1 Å². The number of ether oxygens (including phenoxy) is 1. The fourth-order valence-corrected chi connectivity index (χ4v) is 1.75. The maximum absolute atomic E-state index is 13.4. The Bertz CT molecular complexity index is 456. The number of alkyl halides is 3. The molecule has 1 heterocycles. The molecule has 1 unspecified atom stereocenters. The van der Waals surface area contributed by atoms with E-state index in [9.17, 15) is 17.6 Å². The van der Waals surface area contributed by atoms with Crippen LogP contribution in [0.3, 0.4) is 0 Å². The summed E-state index contributed by atoms with van der Waals surface area (Å²) < 4.78 is 55.7. The predicted octanol–water partition coefficient (Wildman–Crippen LogP) is 3.20. The van der Waals surface area contributed by atoms with Gasteiger partial charge in [0.2, 0.25) is 0 Å². The molecule has 18 heavy (non-hydrogen) atoms. The van der Waals surface area contributed by atoms with E-state index in [0.29, 0.717) is 13.0 Å². The van der Waals surface area contributed by atoms with Crippen LogP contribution in [-0.2, 0) is 17.3 Å². The number of hydrogen-bond acceptors (Lipinski definition) is 2. The molecule has 0 aromatic heterocycles. The number of nitrogens with zero attached hydrogens (tertiary/aromatic N) is 1. The average Bonchev–Trinajstić information content (AvgIpc) is 2.79. The van der Waals surface area contributed by atoms with Crippen molar-refractivity contribution in [3.63, 3.8) is 0 Å².